The van der Waals surface area contributed by atoms with E-state index >= 15 is 0 Å². The number of ether oxygens (including phenoxy) is 4. The van der Waals surface area contributed by atoms with Crippen LogP contribution < -0.4 is 5.32 Å². The molecular weight excluding hydrogens is 274 g/mol. The molecule has 1 N–H and O–H groups in total. The Labute approximate surface area is 127 Å². The third kappa shape index (κ3) is 7.33. The van der Waals surface area contributed by atoms with Gasteiger partial charge in [-0.15, -0.1) is 0 Å². The molecule has 1 fully saturated rings. The molecule has 21 heavy (non-hydrogen) atoms. The molecule has 0 radical (unpaired) electrons. The number of aldehydes is 1. The lowest BCUT2D eigenvalue weighted by molar-refractivity contribution is -0.168. The topological polar surface area (TPSA) is 66.0 Å². The molecule has 1 saturated carbocycles. The average Bonchev–Trinajstić information content (AvgIpc) is 2.52. The Kier molecular flexibility index (Phi) is 9.78. The highest BCUT2D eigenvalue weighted by molar-refractivity contribution is 5.53. The summed E-state index contributed by atoms with van der Waals surface area (Å²) in [6.45, 7) is 5.93. The Bertz CT molecular complexity index is 263. The second-order valence-electron chi connectivity index (χ2n) is 5.10. The predicted octanol–water partition coefficient (Wildman–Crippen LogP) is 1.47. The van der Waals surface area contributed by atoms with E-state index < -0.39 is 6.29 Å². The van der Waals surface area contributed by atoms with E-state index in [2.05, 4.69) is 5.32 Å². The van der Waals surface area contributed by atoms with Crippen molar-refractivity contribution in [1.82, 2.24) is 5.32 Å². The minimum absolute atomic E-state index is 0.104. The highest BCUT2D eigenvalue weighted by atomic mass is 16.7. The second kappa shape index (κ2) is 11.1. The Hall–Kier alpha value is -0.530. The van der Waals surface area contributed by atoms with E-state index in [4.69, 9.17) is 18.9 Å². The Balaban J connectivity index is 2.21. The molecule has 0 saturated heterocycles. The number of hydrogen-bond donors (Lipinski definition) is 1. The molecule has 0 aromatic carbocycles. The highest BCUT2D eigenvalue weighted by Gasteiger charge is 2.24. The Morgan fingerprint density at radius 2 is 1.76 bits per heavy atom. The number of carbonyl (C=O) groups excluding carboxylic acids is 1. The standard InChI is InChI=1S/C15H29NO5/c1-4-19-14(20-5-2)10-16-12-6-8-13(9-7-12)21-15(11-17)18-3/h11-16H,4-10H2,1-3H3. The SMILES string of the molecule is CCOC(CNC1CCC(OC(C=O)OC)CC1)OCC. The van der Waals surface area contributed by atoms with E-state index in [9.17, 15) is 4.79 Å². The number of rotatable bonds is 11. The van der Waals surface area contributed by atoms with Crippen molar-refractivity contribution < 1.29 is 23.7 Å². The van der Waals surface area contributed by atoms with Gasteiger partial charge < -0.3 is 24.3 Å². The molecule has 6 nitrogen and oxygen atoms in total. The van der Waals surface area contributed by atoms with Crippen molar-refractivity contribution in [3.05, 3.63) is 0 Å². The lowest BCUT2D eigenvalue weighted by atomic mass is 9.93. The fourth-order valence-corrected chi connectivity index (χ4v) is 2.54. The minimum atomic E-state index is -0.736. The highest BCUT2D eigenvalue weighted by Crippen LogP contribution is 2.22. The molecule has 1 aliphatic rings. The largest absolute Gasteiger partial charge is 0.352 e. The molecule has 0 aliphatic heterocycles. The van der Waals surface area contributed by atoms with Gasteiger partial charge in [0.2, 0.25) is 6.29 Å². The van der Waals surface area contributed by atoms with Crippen molar-refractivity contribution >= 4 is 6.29 Å². The van der Waals surface area contributed by atoms with Crippen LogP contribution in [-0.4, -0.2) is 57.9 Å². The number of hydrogen-bond acceptors (Lipinski definition) is 6. The van der Waals surface area contributed by atoms with Gasteiger partial charge in [0, 0.05) is 32.9 Å². The quantitative estimate of drug-likeness (QED) is 0.461. The number of carbonyl (C=O) groups is 1. The van der Waals surface area contributed by atoms with Crippen molar-refractivity contribution in [2.24, 2.45) is 0 Å². The molecule has 1 aliphatic carbocycles. The monoisotopic (exact) mass is 303 g/mol. The van der Waals surface area contributed by atoms with Gasteiger partial charge >= 0.3 is 0 Å². The van der Waals surface area contributed by atoms with Crippen LogP contribution in [0.4, 0.5) is 0 Å². The molecule has 0 heterocycles. The maximum Gasteiger partial charge on any atom is 0.214 e. The lowest BCUT2D eigenvalue weighted by Crippen LogP contribution is -2.41. The van der Waals surface area contributed by atoms with Crippen molar-refractivity contribution in [2.45, 2.75) is 64.3 Å². The van der Waals surface area contributed by atoms with Gasteiger partial charge in [-0.3, -0.25) is 4.79 Å². The molecule has 0 aromatic heterocycles. The fraction of sp³-hybridized carbons (Fsp3) is 0.933. The van der Waals surface area contributed by atoms with Crippen LogP contribution in [-0.2, 0) is 23.7 Å². The van der Waals surface area contributed by atoms with Crippen LogP contribution in [0.5, 0.6) is 0 Å². The fourth-order valence-electron chi connectivity index (χ4n) is 2.54. The van der Waals surface area contributed by atoms with Crippen LogP contribution in [0.3, 0.4) is 0 Å². The zero-order valence-corrected chi connectivity index (χ0v) is 13.4. The van der Waals surface area contributed by atoms with Gasteiger partial charge in [-0.05, 0) is 39.5 Å². The van der Waals surface area contributed by atoms with E-state index in [1.807, 2.05) is 13.8 Å². The maximum absolute atomic E-state index is 10.7. The van der Waals surface area contributed by atoms with Gasteiger partial charge in [0.1, 0.15) is 0 Å². The lowest BCUT2D eigenvalue weighted by Gasteiger charge is -2.31. The van der Waals surface area contributed by atoms with Crippen molar-refractivity contribution in [1.29, 1.82) is 0 Å². The van der Waals surface area contributed by atoms with Gasteiger partial charge in [-0.2, -0.15) is 0 Å². The van der Waals surface area contributed by atoms with E-state index in [1.54, 1.807) is 0 Å². The average molecular weight is 303 g/mol. The second-order valence-corrected chi connectivity index (χ2v) is 5.10. The first-order valence-corrected chi connectivity index (χ1v) is 7.83. The summed E-state index contributed by atoms with van der Waals surface area (Å²) in [5, 5.41) is 3.49. The maximum atomic E-state index is 10.7. The van der Waals surface area contributed by atoms with Gasteiger partial charge in [-0.1, -0.05) is 0 Å². The summed E-state index contributed by atoms with van der Waals surface area (Å²) in [7, 11) is 1.48. The van der Waals surface area contributed by atoms with Crippen LogP contribution in [0.15, 0.2) is 0 Å². The normalized spacial score (nSPS) is 24.2. The summed E-state index contributed by atoms with van der Waals surface area (Å²) in [4.78, 5) is 10.7. The molecule has 124 valence electrons. The first kappa shape index (κ1) is 18.5. The summed E-state index contributed by atoms with van der Waals surface area (Å²) in [5.74, 6) is 0. The van der Waals surface area contributed by atoms with E-state index in [0.717, 1.165) is 25.7 Å². The molecular formula is C15H29NO5. The summed E-state index contributed by atoms with van der Waals surface area (Å²) >= 11 is 0. The minimum Gasteiger partial charge on any atom is -0.352 e. The molecule has 0 bridgehead atoms. The van der Waals surface area contributed by atoms with Gasteiger partial charge in [-0.25, -0.2) is 0 Å². The third-order valence-corrected chi connectivity index (χ3v) is 3.62. The van der Waals surface area contributed by atoms with Crippen molar-refractivity contribution in [3.63, 3.8) is 0 Å². The van der Waals surface area contributed by atoms with Crippen molar-refractivity contribution in [2.75, 3.05) is 26.9 Å². The van der Waals surface area contributed by atoms with Gasteiger partial charge in [0.25, 0.3) is 0 Å². The molecule has 0 aromatic rings. The van der Waals surface area contributed by atoms with Crippen LogP contribution >= 0.6 is 0 Å². The van der Waals surface area contributed by atoms with Crippen LogP contribution in [0, 0.1) is 0 Å². The summed E-state index contributed by atoms with van der Waals surface area (Å²) in [6, 6.07) is 0.450. The molecule has 1 rings (SSSR count). The molecule has 0 spiro atoms. The first-order valence-electron chi connectivity index (χ1n) is 7.83. The van der Waals surface area contributed by atoms with Crippen LogP contribution in [0.25, 0.3) is 0 Å². The van der Waals surface area contributed by atoms with Crippen LogP contribution in [0.2, 0.25) is 0 Å². The Morgan fingerprint density at radius 1 is 1.14 bits per heavy atom. The number of methoxy groups -OCH3 is 1. The number of nitrogens with one attached hydrogen (secondary N) is 1. The third-order valence-electron chi connectivity index (χ3n) is 3.62. The van der Waals surface area contributed by atoms with E-state index in [-0.39, 0.29) is 12.4 Å². The van der Waals surface area contributed by atoms with Gasteiger partial charge in [0.15, 0.2) is 12.6 Å². The van der Waals surface area contributed by atoms with E-state index in [1.165, 1.54) is 7.11 Å². The molecule has 0 amide bonds. The smallest absolute Gasteiger partial charge is 0.214 e. The van der Waals surface area contributed by atoms with Gasteiger partial charge in [0.05, 0.1) is 6.10 Å². The van der Waals surface area contributed by atoms with E-state index in [0.29, 0.717) is 32.1 Å². The molecule has 6 heteroatoms. The first-order chi connectivity index (χ1) is 10.2. The summed E-state index contributed by atoms with van der Waals surface area (Å²) in [6.07, 6.45) is 3.78. The zero-order valence-electron chi connectivity index (χ0n) is 13.4. The summed E-state index contributed by atoms with van der Waals surface area (Å²) < 4.78 is 21.5. The molecule has 1 unspecified atom stereocenters. The predicted molar refractivity (Wildman–Crippen MR) is 79.0 cm³/mol. The van der Waals surface area contributed by atoms with Crippen molar-refractivity contribution in [3.8, 4) is 0 Å². The Morgan fingerprint density at radius 3 is 2.24 bits per heavy atom. The van der Waals surface area contributed by atoms with Crippen LogP contribution in [0.1, 0.15) is 39.5 Å². The molecule has 1 atom stereocenters. The summed E-state index contributed by atoms with van der Waals surface area (Å²) in [5.41, 5.74) is 0. The zero-order chi connectivity index (χ0) is 15.5.